The molecule has 8 aromatic rings. The van der Waals surface area contributed by atoms with Crippen LogP contribution in [0.4, 0.5) is 0 Å². The number of fused-ring (bicyclic) bond motifs is 5. The molecular formula is C43H29NO. The van der Waals surface area contributed by atoms with Crippen molar-refractivity contribution in [1.29, 1.82) is 0 Å². The predicted octanol–water partition coefficient (Wildman–Crippen LogP) is 10.9. The summed E-state index contributed by atoms with van der Waals surface area (Å²) in [5.74, 6) is -1.33. The number of benzene rings is 7. The zero-order chi connectivity index (χ0) is 43.7. The molecule has 2 heteroatoms. The molecule has 0 spiro atoms. The van der Waals surface area contributed by atoms with Gasteiger partial charge >= 0.3 is 0 Å². The number of nitrogens with zero attached hydrogens (tertiary/aromatic N) is 1. The van der Waals surface area contributed by atoms with Crippen LogP contribution in [-0.4, -0.2) is 4.57 Å². The standard InChI is InChI=1S/C43H29NO/c1-4-14-32(15-5-1)43(33-16-6-2-7-17-33)37-21-11-13-23-41(37)45-42-27-25-30(28-38(42)43)31-24-26-36-35-20-10-12-22-39(35)44(40(36)29-31)34-18-8-3-9-19-34/h1-29H/i1D,2D,4D,5D,6D,7D,11D,13D,14D,15D,16D,21D,23D,25D,27D,28D. The van der Waals surface area contributed by atoms with Crippen molar-refractivity contribution in [2.75, 3.05) is 0 Å². The first-order valence-corrected chi connectivity index (χ1v) is 14.1. The summed E-state index contributed by atoms with van der Waals surface area (Å²) in [6.07, 6.45) is 0. The molecule has 0 N–H and O–H groups in total. The Hall–Kier alpha value is -5.86. The zero-order valence-corrected chi connectivity index (χ0v) is 23.4. The zero-order valence-electron chi connectivity index (χ0n) is 39.4. The molecule has 0 radical (unpaired) electrons. The van der Waals surface area contributed by atoms with Gasteiger partial charge in [-0.1, -0.05) is 133 Å². The van der Waals surface area contributed by atoms with E-state index in [1.54, 1.807) is 18.2 Å². The monoisotopic (exact) mass is 591 g/mol. The summed E-state index contributed by atoms with van der Waals surface area (Å²) in [5, 5.41) is 1.71. The van der Waals surface area contributed by atoms with Gasteiger partial charge in [-0.3, -0.25) is 0 Å². The van der Waals surface area contributed by atoms with E-state index in [0.29, 0.717) is 5.52 Å². The second-order valence-electron chi connectivity index (χ2n) is 10.5. The van der Waals surface area contributed by atoms with Gasteiger partial charge in [-0.25, -0.2) is 0 Å². The van der Waals surface area contributed by atoms with E-state index in [9.17, 15) is 9.60 Å². The van der Waals surface area contributed by atoms with Crippen LogP contribution in [0.15, 0.2) is 176 Å². The van der Waals surface area contributed by atoms with E-state index in [-0.39, 0.29) is 11.1 Å². The summed E-state index contributed by atoms with van der Waals surface area (Å²) in [6, 6.07) is 10.6. The maximum Gasteiger partial charge on any atom is 0.132 e. The third kappa shape index (κ3) is 3.82. The molecule has 0 aliphatic carbocycles. The molecular weight excluding hydrogens is 546 g/mol. The third-order valence-electron chi connectivity index (χ3n) is 8.19. The van der Waals surface area contributed by atoms with Crippen LogP contribution < -0.4 is 4.74 Å². The lowest BCUT2D eigenvalue weighted by molar-refractivity contribution is 0.434. The smallest absolute Gasteiger partial charge is 0.132 e. The molecule has 2 nitrogen and oxygen atoms in total. The lowest BCUT2D eigenvalue weighted by Gasteiger charge is -2.41. The van der Waals surface area contributed by atoms with E-state index in [1.165, 1.54) is 0 Å². The Morgan fingerprint density at radius 1 is 0.511 bits per heavy atom. The van der Waals surface area contributed by atoms with Crippen molar-refractivity contribution in [1.82, 2.24) is 4.57 Å². The second-order valence-corrected chi connectivity index (χ2v) is 10.5. The maximum absolute atomic E-state index is 10.1. The molecule has 45 heavy (non-hydrogen) atoms. The minimum atomic E-state index is -2.80. The van der Waals surface area contributed by atoms with Crippen LogP contribution in [0.5, 0.6) is 11.5 Å². The normalized spacial score (nSPS) is 20.4. The minimum absolute atomic E-state index is 0.207. The Morgan fingerprint density at radius 3 is 2.11 bits per heavy atom. The largest absolute Gasteiger partial charge is 0.457 e. The van der Waals surface area contributed by atoms with Crippen molar-refractivity contribution in [3.63, 3.8) is 0 Å². The Labute approximate surface area is 284 Å². The third-order valence-corrected chi connectivity index (χ3v) is 8.19. The summed E-state index contributed by atoms with van der Waals surface area (Å²) in [7, 11) is 0. The van der Waals surface area contributed by atoms with Crippen molar-refractivity contribution in [2.45, 2.75) is 5.41 Å². The molecule has 9 rings (SSSR count). The van der Waals surface area contributed by atoms with E-state index in [1.807, 2.05) is 59.2 Å². The van der Waals surface area contributed by atoms with Gasteiger partial charge in [0.25, 0.3) is 0 Å². The van der Waals surface area contributed by atoms with Crippen LogP contribution in [-0.2, 0) is 5.41 Å². The summed E-state index contributed by atoms with van der Waals surface area (Å²) >= 11 is 0. The van der Waals surface area contributed by atoms with Gasteiger partial charge in [-0.2, -0.15) is 0 Å². The van der Waals surface area contributed by atoms with Crippen LogP contribution in [0.1, 0.15) is 44.2 Å². The molecule has 0 bridgehead atoms. The van der Waals surface area contributed by atoms with Gasteiger partial charge in [0.2, 0.25) is 0 Å². The average Bonchev–Trinajstić information content (AvgIpc) is 3.59. The van der Waals surface area contributed by atoms with Crippen molar-refractivity contribution in [3.8, 4) is 28.3 Å². The van der Waals surface area contributed by atoms with Gasteiger partial charge in [0.15, 0.2) is 0 Å². The molecule has 0 fully saturated rings. The number of rotatable bonds is 4. The van der Waals surface area contributed by atoms with E-state index >= 15 is 0 Å². The van der Waals surface area contributed by atoms with Crippen LogP contribution in [0, 0.1) is 0 Å². The van der Waals surface area contributed by atoms with Gasteiger partial charge in [0, 0.05) is 27.6 Å². The molecule has 0 saturated heterocycles. The summed E-state index contributed by atoms with van der Waals surface area (Å²) in [4.78, 5) is 0. The number of hydrogen-bond donors (Lipinski definition) is 0. The molecule has 1 aromatic heterocycles. The Kier molecular flexibility index (Phi) is 3.21. The number of para-hydroxylation sites is 3. The highest BCUT2D eigenvalue weighted by Gasteiger charge is 2.45. The van der Waals surface area contributed by atoms with E-state index in [0.717, 1.165) is 28.0 Å². The predicted molar refractivity (Wildman–Crippen MR) is 185 cm³/mol. The van der Waals surface area contributed by atoms with Crippen LogP contribution in [0.3, 0.4) is 0 Å². The molecule has 0 saturated carbocycles. The molecule has 7 aromatic carbocycles. The number of ether oxygens (including phenoxy) is 1. The fourth-order valence-electron chi connectivity index (χ4n) is 6.30. The molecule has 0 amide bonds. The van der Waals surface area contributed by atoms with Crippen molar-refractivity contribution in [2.24, 2.45) is 0 Å². The first kappa shape index (κ1) is 14.3. The Bertz CT molecular complexity index is 3200. The highest BCUT2D eigenvalue weighted by molar-refractivity contribution is 6.10. The van der Waals surface area contributed by atoms with E-state index in [4.69, 9.17) is 17.1 Å². The lowest BCUT2D eigenvalue weighted by atomic mass is 9.63. The quantitative estimate of drug-likeness (QED) is 0.199. The maximum atomic E-state index is 10.1. The topological polar surface area (TPSA) is 14.2 Å². The van der Waals surface area contributed by atoms with Gasteiger partial charge in [0.05, 0.1) is 38.4 Å². The summed E-state index contributed by atoms with van der Waals surface area (Å²) in [5.41, 5.74) is -2.92. The van der Waals surface area contributed by atoms with E-state index < -0.39 is 136 Å². The first-order chi connectivity index (χ1) is 29.0. The van der Waals surface area contributed by atoms with Gasteiger partial charge in [-0.15, -0.1) is 0 Å². The van der Waals surface area contributed by atoms with Gasteiger partial charge in [-0.05, 0) is 64.6 Å². The molecule has 212 valence electrons. The first-order valence-electron chi connectivity index (χ1n) is 22.1. The fraction of sp³-hybridized carbons (Fsp3) is 0.0233. The Morgan fingerprint density at radius 2 is 1.22 bits per heavy atom. The van der Waals surface area contributed by atoms with Crippen LogP contribution >= 0.6 is 0 Å². The molecule has 1 unspecified atom stereocenters. The summed E-state index contributed by atoms with van der Waals surface area (Å²) in [6.45, 7) is 0. The molecule has 1 aliphatic rings. The van der Waals surface area contributed by atoms with Crippen molar-refractivity contribution in [3.05, 3.63) is 198 Å². The van der Waals surface area contributed by atoms with Gasteiger partial charge in [0.1, 0.15) is 11.5 Å². The van der Waals surface area contributed by atoms with Crippen molar-refractivity contribution < 1.29 is 26.7 Å². The average molecular weight is 592 g/mol. The molecule has 2 heterocycles. The summed E-state index contributed by atoms with van der Waals surface area (Å²) < 4.78 is 153. The highest BCUT2D eigenvalue weighted by atomic mass is 16.5. The second kappa shape index (κ2) is 10.1. The van der Waals surface area contributed by atoms with Crippen molar-refractivity contribution >= 4 is 21.8 Å². The Balaban J connectivity index is 1.53. The minimum Gasteiger partial charge on any atom is -0.457 e. The molecule has 1 atom stereocenters. The highest BCUT2D eigenvalue weighted by Crippen LogP contribution is 2.55. The molecule has 1 aliphatic heterocycles. The van der Waals surface area contributed by atoms with Crippen LogP contribution in [0.25, 0.3) is 38.6 Å². The van der Waals surface area contributed by atoms with E-state index in [2.05, 4.69) is 0 Å². The lowest BCUT2D eigenvalue weighted by Crippen LogP contribution is -2.34. The fourth-order valence-corrected chi connectivity index (χ4v) is 6.30. The number of hydrogen-bond acceptors (Lipinski definition) is 1. The van der Waals surface area contributed by atoms with Crippen LogP contribution in [0.2, 0.25) is 0 Å². The van der Waals surface area contributed by atoms with Gasteiger partial charge < -0.3 is 9.30 Å². The number of aromatic nitrogens is 1. The SMILES string of the molecule is [2H]c1cc(C2(c3c([2H])c([2H])c([2H])c([2H])c3[2H])c3c([2H])c([2H])c([2H])c([2H])c3Oc3c([2H])c([2H])c(-c4ccc5c6ccccc6n(-c6ccccc6)c5c4)c([2H])c32)c([2H])c([2H])c1[2H].